The van der Waals surface area contributed by atoms with Crippen LogP contribution in [0.2, 0.25) is 0 Å². The molecule has 0 aliphatic carbocycles. The van der Waals surface area contributed by atoms with Crippen molar-refractivity contribution in [3.63, 3.8) is 0 Å². The number of aromatic nitrogens is 2. The summed E-state index contributed by atoms with van der Waals surface area (Å²) in [5.74, 6) is -0.626. The van der Waals surface area contributed by atoms with E-state index < -0.39 is 11.2 Å². The Morgan fingerprint density at radius 1 is 1.07 bits per heavy atom. The Bertz CT molecular complexity index is 651. The fourth-order valence-corrected chi connectivity index (χ4v) is 2.60. The lowest BCUT2D eigenvalue weighted by Crippen LogP contribution is -2.35. The Balaban J connectivity index is 2.70. The molecule has 8 heteroatoms. The zero-order valence-electron chi connectivity index (χ0n) is 17.9. The number of carbonyl (C=O) groups excluding carboxylic acids is 2. The minimum Gasteiger partial charge on any atom is -0.460 e. The van der Waals surface area contributed by atoms with Gasteiger partial charge in [-0.1, -0.05) is 0 Å². The third-order valence-electron chi connectivity index (χ3n) is 3.62. The molecule has 1 rings (SSSR count). The highest BCUT2D eigenvalue weighted by molar-refractivity contribution is 9.10. The van der Waals surface area contributed by atoms with E-state index in [4.69, 9.17) is 9.47 Å². The Morgan fingerprint density at radius 3 is 2.18 bits per heavy atom. The molecule has 0 bridgehead atoms. The molecule has 1 atom stereocenters. The van der Waals surface area contributed by atoms with Crippen LogP contribution in [0.4, 0.5) is 4.79 Å². The second-order valence-corrected chi connectivity index (χ2v) is 9.62. The van der Waals surface area contributed by atoms with Gasteiger partial charge in [-0.2, -0.15) is 0 Å². The highest BCUT2D eigenvalue weighted by Gasteiger charge is 2.26. The first-order valence-electron chi connectivity index (χ1n) is 9.40. The van der Waals surface area contributed by atoms with Gasteiger partial charge in [-0.05, 0) is 70.3 Å². The van der Waals surface area contributed by atoms with Crippen LogP contribution in [0.25, 0.3) is 0 Å². The predicted octanol–water partition coefficient (Wildman–Crippen LogP) is 4.39. The average Bonchev–Trinajstić information content (AvgIpc) is 2.52. The smallest absolute Gasteiger partial charge is 0.410 e. The molecule has 1 unspecified atom stereocenters. The minimum atomic E-state index is -0.561. The molecule has 0 spiro atoms. The van der Waals surface area contributed by atoms with Gasteiger partial charge in [0.05, 0.1) is 17.8 Å². The lowest BCUT2D eigenvalue weighted by Gasteiger charge is -2.26. The first kappa shape index (κ1) is 24.3. The van der Waals surface area contributed by atoms with Crippen LogP contribution >= 0.6 is 15.9 Å². The molecule has 0 aliphatic heterocycles. The highest BCUT2D eigenvalue weighted by Crippen LogP contribution is 2.20. The van der Waals surface area contributed by atoms with Crippen LogP contribution in [-0.4, -0.2) is 51.7 Å². The van der Waals surface area contributed by atoms with E-state index in [0.717, 1.165) is 5.69 Å². The summed E-state index contributed by atoms with van der Waals surface area (Å²) in [6.07, 6.45) is 4.53. The third kappa shape index (κ3) is 10.0. The van der Waals surface area contributed by atoms with Crippen LogP contribution in [0.15, 0.2) is 17.0 Å². The van der Waals surface area contributed by atoms with E-state index >= 15 is 0 Å². The van der Waals surface area contributed by atoms with E-state index in [0.29, 0.717) is 30.4 Å². The molecular formula is C20H32BrN3O4. The van der Waals surface area contributed by atoms with Gasteiger partial charge in [0.2, 0.25) is 0 Å². The van der Waals surface area contributed by atoms with Crippen molar-refractivity contribution in [3.05, 3.63) is 22.7 Å². The summed E-state index contributed by atoms with van der Waals surface area (Å²) in [5.41, 5.74) is -0.377. The van der Waals surface area contributed by atoms with Crippen molar-refractivity contribution < 1.29 is 19.1 Å². The number of carbonyl (C=O) groups is 2. The van der Waals surface area contributed by atoms with Crippen LogP contribution in [0.3, 0.4) is 0 Å². The Labute approximate surface area is 176 Å². The topological polar surface area (TPSA) is 81.6 Å². The van der Waals surface area contributed by atoms with Crippen molar-refractivity contribution in [3.8, 4) is 0 Å². The van der Waals surface area contributed by atoms with Crippen molar-refractivity contribution in [1.29, 1.82) is 0 Å². The fraction of sp³-hybridized carbons (Fsp3) is 0.700. The maximum atomic E-state index is 12.6. The van der Waals surface area contributed by atoms with E-state index in [1.165, 1.54) is 4.90 Å². The van der Waals surface area contributed by atoms with E-state index in [-0.39, 0.29) is 18.0 Å². The summed E-state index contributed by atoms with van der Waals surface area (Å²) in [5, 5.41) is 0. The van der Waals surface area contributed by atoms with Crippen molar-refractivity contribution in [1.82, 2.24) is 14.9 Å². The fourth-order valence-electron chi connectivity index (χ4n) is 2.39. The number of hydrogen-bond donors (Lipinski definition) is 0. The van der Waals surface area contributed by atoms with Gasteiger partial charge in [-0.25, -0.2) is 9.78 Å². The molecule has 0 N–H and O–H groups in total. The molecule has 0 saturated heterocycles. The number of nitrogens with zero attached hydrogens (tertiary/aromatic N) is 3. The van der Waals surface area contributed by atoms with Gasteiger partial charge >= 0.3 is 12.1 Å². The van der Waals surface area contributed by atoms with Gasteiger partial charge in [0, 0.05) is 26.2 Å². The molecule has 158 valence electrons. The molecule has 1 aromatic rings. The number of halogens is 1. The summed E-state index contributed by atoms with van der Waals surface area (Å²) in [6.45, 7) is 11.5. The quantitative estimate of drug-likeness (QED) is 0.564. The third-order valence-corrected chi connectivity index (χ3v) is 4.03. The zero-order valence-corrected chi connectivity index (χ0v) is 19.5. The van der Waals surface area contributed by atoms with Gasteiger partial charge in [0.25, 0.3) is 0 Å². The number of ether oxygens (including phenoxy) is 2. The van der Waals surface area contributed by atoms with Gasteiger partial charge in [-0.3, -0.25) is 9.78 Å². The maximum absolute atomic E-state index is 12.6. The molecule has 1 amide bonds. The van der Waals surface area contributed by atoms with E-state index in [1.54, 1.807) is 19.4 Å². The number of hydrogen-bond acceptors (Lipinski definition) is 6. The standard InChI is InChI=1S/C20H32BrN3O4/c1-19(2,3)27-17(25)14(11-15-12-23-16(21)13-22-15)9-8-10-24(7)18(26)28-20(4,5)6/h12-14H,8-11H2,1-7H3. The van der Waals surface area contributed by atoms with Crippen molar-refractivity contribution in [2.75, 3.05) is 13.6 Å². The zero-order chi connectivity index (χ0) is 21.5. The monoisotopic (exact) mass is 457 g/mol. The molecule has 1 heterocycles. The molecule has 28 heavy (non-hydrogen) atoms. The Kier molecular flexibility index (Phi) is 8.85. The van der Waals surface area contributed by atoms with Crippen LogP contribution in [0.1, 0.15) is 60.1 Å². The second-order valence-electron chi connectivity index (χ2n) is 8.81. The summed E-state index contributed by atoms with van der Waals surface area (Å²) in [4.78, 5) is 34.7. The summed E-state index contributed by atoms with van der Waals surface area (Å²) >= 11 is 3.26. The molecule has 0 aliphatic rings. The van der Waals surface area contributed by atoms with Gasteiger partial charge in [0.15, 0.2) is 0 Å². The van der Waals surface area contributed by atoms with Crippen LogP contribution < -0.4 is 0 Å². The second kappa shape index (κ2) is 10.2. The predicted molar refractivity (Wildman–Crippen MR) is 111 cm³/mol. The molecule has 0 aromatic carbocycles. The molecule has 0 radical (unpaired) electrons. The minimum absolute atomic E-state index is 0.267. The van der Waals surface area contributed by atoms with Gasteiger partial charge in [-0.15, -0.1) is 0 Å². The van der Waals surface area contributed by atoms with E-state index in [1.807, 2.05) is 41.5 Å². The normalized spacial score (nSPS) is 13.0. The van der Waals surface area contributed by atoms with Crippen molar-refractivity contribution >= 4 is 28.0 Å². The Morgan fingerprint density at radius 2 is 1.68 bits per heavy atom. The first-order valence-corrected chi connectivity index (χ1v) is 10.2. The number of amides is 1. The van der Waals surface area contributed by atoms with Crippen LogP contribution in [-0.2, 0) is 20.7 Å². The molecular weight excluding hydrogens is 426 g/mol. The average molecular weight is 458 g/mol. The van der Waals surface area contributed by atoms with Gasteiger partial charge in [0.1, 0.15) is 15.8 Å². The maximum Gasteiger partial charge on any atom is 0.410 e. The molecule has 0 fully saturated rings. The van der Waals surface area contributed by atoms with Crippen LogP contribution in [0, 0.1) is 5.92 Å². The highest BCUT2D eigenvalue weighted by atomic mass is 79.9. The van der Waals surface area contributed by atoms with E-state index in [2.05, 4.69) is 25.9 Å². The SMILES string of the molecule is CN(CCCC(Cc1cnc(Br)cn1)C(=O)OC(C)(C)C)C(=O)OC(C)(C)C. The summed E-state index contributed by atoms with van der Waals surface area (Å²) in [7, 11) is 1.69. The van der Waals surface area contributed by atoms with E-state index in [9.17, 15) is 9.59 Å². The molecule has 1 aromatic heterocycles. The first-order chi connectivity index (χ1) is 12.8. The van der Waals surface area contributed by atoms with Crippen LogP contribution in [0.5, 0.6) is 0 Å². The number of esters is 1. The Hall–Kier alpha value is -1.70. The molecule has 0 saturated carbocycles. The number of rotatable bonds is 7. The lowest BCUT2D eigenvalue weighted by atomic mass is 9.97. The molecule has 7 nitrogen and oxygen atoms in total. The van der Waals surface area contributed by atoms with Crippen molar-refractivity contribution in [2.45, 2.75) is 72.0 Å². The van der Waals surface area contributed by atoms with Gasteiger partial charge < -0.3 is 14.4 Å². The van der Waals surface area contributed by atoms with Crippen molar-refractivity contribution in [2.24, 2.45) is 5.92 Å². The summed E-state index contributed by atoms with van der Waals surface area (Å²) in [6, 6.07) is 0. The largest absolute Gasteiger partial charge is 0.460 e. The lowest BCUT2D eigenvalue weighted by molar-refractivity contribution is -0.160. The summed E-state index contributed by atoms with van der Waals surface area (Å²) < 4.78 is 11.6.